The molecule has 1 aromatic rings. The molecule has 1 aliphatic rings. The van der Waals surface area contributed by atoms with Gasteiger partial charge in [-0.3, -0.25) is 0 Å². The largest absolute Gasteiger partial charge is 0.349 e. The fraction of sp³-hybridized carbons (Fsp3) is 0.455. The molecule has 0 aromatic carbocycles. The molecule has 0 aliphatic carbocycles. The molecule has 0 spiro atoms. The summed E-state index contributed by atoms with van der Waals surface area (Å²) in [6, 6.07) is 3.73. The molecular formula is C11H11F2N3. The summed E-state index contributed by atoms with van der Waals surface area (Å²) < 4.78 is 26.1. The van der Waals surface area contributed by atoms with Crippen molar-refractivity contribution in [1.29, 1.82) is 5.26 Å². The summed E-state index contributed by atoms with van der Waals surface area (Å²) >= 11 is 0. The summed E-state index contributed by atoms with van der Waals surface area (Å²) in [5, 5.41) is 8.99. The van der Waals surface area contributed by atoms with Crippen LogP contribution in [0.25, 0.3) is 0 Å². The summed E-state index contributed by atoms with van der Waals surface area (Å²) in [4.78, 5) is 5.52. The molecule has 5 heteroatoms. The van der Waals surface area contributed by atoms with E-state index in [0.717, 1.165) is 5.56 Å². The number of aromatic nitrogens is 1. The second kappa shape index (κ2) is 4.05. The molecular weight excluding hydrogens is 212 g/mol. The minimum Gasteiger partial charge on any atom is -0.349 e. The van der Waals surface area contributed by atoms with Gasteiger partial charge in [-0.15, -0.1) is 0 Å². The molecule has 2 atom stereocenters. The third-order valence-corrected chi connectivity index (χ3v) is 2.73. The van der Waals surface area contributed by atoms with Gasteiger partial charge >= 0.3 is 0 Å². The highest BCUT2D eigenvalue weighted by molar-refractivity contribution is 5.58. The molecule has 1 saturated heterocycles. The van der Waals surface area contributed by atoms with Crippen molar-refractivity contribution in [3.05, 3.63) is 23.4 Å². The van der Waals surface area contributed by atoms with E-state index in [1.165, 1.54) is 4.90 Å². The first-order chi connectivity index (χ1) is 7.63. The number of rotatable bonds is 1. The number of alkyl halides is 2. The molecule has 0 radical (unpaired) electrons. The van der Waals surface area contributed by atoms with Gasteiger partial charge in [0.05, 0.1) is 18.7 Å². The zero-order valence-corrected chi connectivity index (χ0v) is 8.82. The molecule has 3 nitrogen and oxygen atoms in total. The molecule has 0 amide bonds. The lowest BCUT2D eigenvalue weighted by Crippen LogP contribution is -2.22. The zero-order valence-electron chi connectivity index (χ0n) is 8.82. The third kappa shape index (κ3) is 1.71. The smallest absolute Gasteiger partial charge is 0.150 e. The van der Waals surface area contributed by atoms with Crippen molar-refractivity contribution in [3.63, 3.8) is 0 Å². The van der Waals surface area contributed by atoms with Gasteiger partial charge in [-0.1, -0.05) is 0 Å². The van der Waals surface area contributed by atoms with Crippen LogP contribution in [0, 0.1) is 18.3 Å². The average Bonchev–Trinajstić information content (AvgIpc) is 2.59. The number of halogens is 2. The van der Waals surface area contributed by atoms with E-state index in [1.54, 1.807) is 19.2 Å². The number of pyridine rings is 1. The summed E-state index contributed by atoms with van der Waals surface area (Å²) in [7, 11) is 0. The highest BCUT2D eigenvalue weighted by atomic mass is 19.2. The van der Waals surface area contributed by atoms with Crippen molar-refractivity contribution in [1.82, 2.24) is 4.98 Å². The van der Waals surface area contributed by atoms with Crippen molar-refractivity contribution in [3.8, 4) is 6.07 Å². The first-order valence-corrected chi connectivity index (χ1v) is 5.02. The lowest BCUT2D eigenvalue weighted by molar-refractivity contribution is 0.217. The number of anilines is 1. The SMILES string of the molecule is Cc1ccnc(N2C[C@@H](F)[C@@H](F)C2)c1C#N. The van der Waals surface area contributed by atoms with Gasteiger partial charge in [-0.25, -0.2) is 13.8 Å². The van der Waals surface area contributed by atoms with Gasteiger partial charge in [0, 0.05) is 6.20 Å². The Hall–Kier alpha value is -1.70. The molecule has 1 aromatic heterocycles. The van der Waals surface area contributed by atoms with Crippen LogP contribution in [0.15, 0.2) is 12.3 Å². The Morgan fingerprint density at radius 2 is 2.06 bits per heavy atom. The minimum atomic E-state index is -1.49. The van der Waals surface area contributed by atoms with E-state index in [2.05, 4.69) is 4.98 Å². The maximum atomic E-state index is 13.1. The highest BCUT2D eigenvalue weighted by Crippen LogP contribution is 2.26. The first-order valence-electron chi connectivity index (χ1n) is 5.02. The van der Waals surface area contributed by atoms with Crippen molar-refractivity contribution in [2.45, 2.75) is 19.3 Å². The molecule has 16 heavy (non-hydrogen) atoms. The number of nitriles is 1. The number of hydrogen-bond donors (Lipinski definition) is 0. The number of aryl methyl sites for hydroxylation is 1. The van der Waals surface area contributed by atoms with Gasteiger partial charge in [0.25, 0.3) is 0 Å². The van der Waals surface area contributed by atoms with Crippen LogP contribution < -0.4 is 4.90 Å². The number of nitrogens with zero attached hydrogens (tertiary/aromatic N) is 3. The van der Waals surface area contributed by atoms with Crippen LogP contribution in [0.1, 0.15) is 11.1 Å². The fourth-order valence-corrected chi connectivity index (χ4v) is 1.82. The molecule has 84 valence electrons. The predicted octanol–water partition coefficient (Wildman–Crippen LogP) is 1.76. The van der Waals surface area contributed by atoms with E-state index >= 15 is 0 Å². The van der Waals surface area contributed by atoms with E-state index in [0.29, 0.717) is 11.4 Å². The van der Waals surface area contributed by atoms with E-state index in [9.17, 15) is 8.78 Å². The van der Waals surface area contributed by atoms with Gasteiger partial charge in [0.15, 0.2) is 12.3 Å². The molecule has 0 N–H and O–H groups in total. The molecule has 1 aliphatic heterocycles. The Labute approximate surface area is 92.3 Å². The average molecular weight is 223 g/mol. The van der Waals surface area contributed by atoms with Crippen molar-refractivity contribution < 1.29 is 8.78 Å². The maximum Gasteiger partial charge on any atom is 0.150 e. The molecule has 0 saturated carbocycles. The van der Waals surface area contributed by atoms with Gasteiger partial charge in [-0.05, 0) is 18.6 Å². The van der Waals surface area contributed by atoms with Crippen LogP contribution in [0.3, 0.4) is 0 Å². The molecule has 1 fully saturated rings. The number of hydrogen-bond acceptors (Lipinski definition) is 3. The van der Waals surface area contributed by atoms with Crippen molar-refractivity contribution >= 4 is 5.82 Å². The van der Waals surface area contributed by atoms with Crippen LogP contribution >= 0.6 is 0 Å². The fourth-order valence-electron chi connectivity index (χ4n) is 1.82. The van der Waals surface area contributed by atoms with Gasteiger partial charge in [-0.2, -0.15) is 5.26 Å². The second-order valence-corrected chi connectivity index (χ2v) is 3.88. The maximum absolute atomic E-state index is 13.1. The van der Waals surface area contributed by atoms with Crippen LogP contribution in [0.2, 0.25) is 0 Å². The Kier molecular flexibility index (Phi) is 2.73. The van der Waals surface area contributed by atoms with Crippen molar-refractivity contribution in [2.24, 2.45) is 0 Å². The van der Waals surface area contributed by atoms with E-state index < -0.39 is 12.3 Å². The third-order valence-electron chi connectivity index (χ3n) is 2.73. The topological polar surface area (TPSA) is 39.9 Å². The van der Waals surface area contributed by atoms with Crippen LogP contribution in [-0.2, 0) is 0 Å². The summed E-state index contributed by atoms with van der Waals surface area (Å²) in [6.07, 6.45) is -1.44. The summed E-state index contributed by atoms with van der Waals surface area (Å²) in [5.41, 5.74) is 1.16. The van der Waals surface area contributed by atoms with E-state index in [1.807, 2.05) is 6.07 Å². The molecule has 2 heterocycles. The Bertz CT molecular complexity index is 431. The Morgan fingerprint density at radius 1 is 1.44 bits per heavy atom. The lowest BCUT2D eigenvalue weighted by Gasteiger charge is -2.17. The summed E-state index contributed by atoms with van der Waals surface area (Å²) in [6.45, 7) is 1.71. The van der Waals surface area contributed by atoms with Crippen LogP contribution in [0.5, 0.6) is 0 Å². The van der Waals surface area contributed by atoms with E-state index in [-0.39, 0.29) is 13.1 Å². The molecule has 0 bridgehead atoms. The van der Waals surface area contributed by atoms with Gasteiger partial charge in [0.1, 0.15) is 11.9 Å². The Morgan fingerprint density at radius 3 is 2.62 bits per heavy atom. The summed E-state index contributed by atoms with van der Waals surface area (Å²) in [5.74, 6) is 0.380. The highest BCUT2D eigenvalue weighted by Gasteiger charge is 2.34. The lowest BCUT2D eigenvalue weighted by atomic mass is 10.1. The first kappa shape index (κ1) is 10.8. The van der Waals surface area contributed by atoms with Gasteiger partial charge < -0.3 is 4.90 Å². The molecule has 2 rings (SSSR count). The monoisotopic (exact) mass is 223 g/mol. The van der Waals surface area contributed by atoms with E-state index in [4.69, 9.17) is 5.26 Å². The minimum absolute atomic E-state index is 0.0354. The second-order valence-electron chi connectivity index (χ2n) is 3.88. The normalized spacial score (nSPS) is 24.5. The van der Waals surface area contributed by atoms with Gasteiger partial charge in [0.2, 0.25) is 0 Å². The van der Waals surface area contributed by atoms with Crippen molar-refractivity contribution in [2.75, 3.05) is 18.0 Å². The Balaban J connectivity index is 2.35. The predicted molar refractivity (Wildman–Crippen MR) is 55.7 cm³/mol. The standard InChI is InChI=1S/C11H11F2N3/c1-7-2-3-15-11(8(7)4-14)16-5-9(12)10(13)6-16/h2-3,9-10H,5-6H2,1H3/t9-,10+. The van der Waals surface area contributed by atoms with Crippen LogP contribution in [0.4, 0.5) is 14.6 Å². The zero-order chi connectivity index (χ0) is 11.7. The van der Waals surface area contributed by atoms with Crippen LogP contribution in [-0.4, -0.2) is 30.4 Å². The molecule has 0 unspecified atom stereocenters. The quantitative estimate of drug-likeness (QED) is 0.728.